The van der Waals surface area contributed by atoms with Gasteiger partial charge in [0.1, 0.15) is 11.5 Å². The molecular weight excluding hydrogens is 370 g/mol. The lowest BCUT2D eigenvalue weighted by atomic mass is 10.1. The first-order chi connectivity index (χ1) is 13.0. The van der Waals surface area contributed by atoms with Crippen LogP contribution in [-0.4, -0.2) is 33.8 Å². The molecule has 0 saturated carbocycles. The average molecular weight is 392 g/mol. The lowest BCUT2D eigenvalue weighted by molar-refractivity contribution is -0.118. The summed E-state index contributed by atoms with van der Waals surface area (Å²) >= 11 is 6.06. The molecule has 6 nitrogen and oxygen atoms in total. The molecule has 0 fully saturated rings. The number of carbonyl (C=O) groups is 1. The molecule has 1 N–H and O–H groups in total. The van der Waals surface area contributed by atoms with Crippen LogP contribution < -0.4 is 24.3 Å². The highest BCUT2D eigenvalue weighted by Crippen LogP contribution is 2.36. The van der Waals surface area contributed by atoms with E-state index in [1.54, 1.807) is 31.4 Å². The zero-order valence-electron chi connectivity index (χ0n) is 15.5. The number of amides is 1. The second-order valence-electron chi connectivity index (χ2n) is 5.50. The largest absolute Gasteiger partial charge is 0.495 e. The Labute approximate surface area is 163 Å². The second-order valence-corrected chi connectivity index (χ2v) is 5.91. The fraction of sp³-hybridized carbons (Fsp3) is 0.250. The average Bonchev–Trinajstić information content (AvgIpc) is 2.68. The summed E-state index contributed by atoms with van der Waals surface area (Å²) in [6.07, 6.45) is 2.52. The topological polar surface area (TPSA) is 66.0 Å². The third kappa shape index (κ3) is 5.31. The minimum atomic E-state index is -0.366. The van der Waals surface area contributed by atoms with Gasteiger partial charge in [-0.3, -0.25) is 4.79 Å². The molecule has 0 atom stereocenters. The first-order valence-electron chi connectivity index (χ1n) is 8.14. The van der Waals surface area contributed by atoms with Crippen molar-refractivity contribution >= 4 is 23.2 Å². The summed E-state index contributed by atoms with van der Waals surface area (Å²) in [5.74, 6) is 1.50. The third-order valence-electron chi connectivity index (χ3n) is 3.71. The maximum atomic E-state index is 12.3. The van der Waals surface area contributed by atoms with E-state index >= 15 is 0 Å². The minimum Gasteiger partial charge on any atom is -0.495 e. The van der Waals surface area contributed by atoms with E-state index in [-0.39, 0.29) is 12.5 Å². The van der Waals surface area contributed by atoms with Crippen molar-refractivity contribution in [2.75, 3.05) is 33.3 Å². The molecule has 2 rings (SSSR count). The van der Waals surface area contributed by atoms with Gasteiger partial charge in [0.05, 0.1) is 32.0 Å². The summed E-state index contributed by atoms with van der Waals surface area (Å²) in [6, 6.07) is 8.66. The van der Waals surface area contributed by atoms with E-state index in [0.717, 1.165) is 12.0 Å². The Morgan fingerprint density at radius 3 is 2.37 bits per heavy atom. The molecule has 0 heterocycles. The number of allylic oxidation sites excluding steroid dienone is 1. The molecule has 27 heavy (non-hydrogen) atoms. The fourth-order valence-electron chi connectivity index (χ4n) is 2.41. The zero-order chi connectivity index (χ0) is 19.8. The second kappa shape index (κ2) is 9.73. The molecule has 144 valence electrons. The molecule has 0 aromatic heterocycles. The van der Waals surface area contributed by atoms with Gasteiger partial charge >= 0.3 is 0 Å². The standard InChI is InChI=1S/C20H22ClNO5/c1-5-6-13-7-8-16(19(9-13)26-4)27-12-20(23)22-15-11-17(24-2)14(21)10-18(15)25-3/h5,7-11H,1,6,12H2,2-4H3,(H,22,23). The van der Waals surface area contributed by atoms with Crippen LogP contribution in [0.25, 0.3) is 0 Å². The maximum Gasteiger partial charge on any atom is 0.262 e. The van der Waals surface area contributed by atoms with Crippen molar-refractivity contribution < 1.29 is 23.7 Å². The van der Waals surface area contributed by atoms with Crippen molar-refractivity contribution in [2.45, 2.75) is 6.42 Å². The van der Waals surface area contributed by atoms with Gasteiger partial charge in [0, 0.05) is 12.1 Å². The Kier molecular flexibility index (Phi) is 7.37. The number of ether oxygens (including phenoxy) is 4. The third-order valence-corrected chi connectivity index (χ3v) is 4.01. The molecule has 0 aliphatic heterocycles. The van der Waals surface area contributed by atoms with E-state index in [1.165, 1.54) is 14.2 Å². The van der Waals surface area contributed by atoms with Crippen molar-refractivity contribution in [1.29, 1.82) is 0 Å². The molecule has 0 radical (unpaired) electrons. The lowest BCUT2D eigenvalue weighted by Gasteiger charge is -2.14. The molecule has 0 unspecified atom stereocenters. The summed E-state index contributed by atoms with van der Waals surface area (Å²) in [5.41, 5.74) is 1.47. The predicted molar refractivity (Wildman–Crippen MR) is 106 cm³/mol. The predicted octanol–water partition coefficient (Wildman–Crippen LogP) is 4.11. The molecular formula is C20H22ClNO5. The SMILES string of the molecule is C=CCc1ccc(OCC(=O)Nc2cc(OC)c(Cl)cc2OC)c(OC)c1. The maximum absolute atomic E-state index is 12.3. The van der Waals surface area contributed by atoms with Crippen LogP contribution in [0.2, 0.25) is 5.02 Å². The summed E-state index contributed by atoms with van der Waals surface area (Å²) in [5, 5.41) is 3.10. The van der Waals surface area contributed by atoms with Crippen molar-refractivity contribution in [1.82, 2.24) is 0 Å². The smallest absolute Gasteiger partial charge is 0.262 e. The molecule has 0 aliphatic rings. The van der Waals surface area contributed by atoms with Crippen LogP contribution in [0.5, 0.6) is 23.0 Å². The molecule has 0 spiro atoms. The van der Waals surface area contributed by atoms with Crippen LogP contribution in [0, 0.1) is 0 Å². The summed E-state index contributed by atoms with van der Waals surface area (Å²) < 4.78 is 21.3. The number of carbonyl (C=O) groups excluding carboxylic acids is 1. The van der Waals surface area contributed by atoms with E-state index in [1.807, 2.05) is 12.1 Å². The van der Waals surface area contributed by atoms with Gasteiger partial charge < -0.3 is 24.3 Å². The highest BCUT2D eigenvalue weighted by Gasteiger charge is 2.14. The van der Waals surface area contributed by atoms with E-state index < -0.39 is 0 Å². The molecule has 2 aromatic rings. The zero-order valence-corrected chi connectivity index (χ0v) is 16.3. The van der Waals surface area contributed by atoms with Crippen molar-refractivity contribution in [3.63, 3.8) is 0 Å². The van der Waals surface area contributed by atoms with Gasteiger partial charge in [0.2, 0.25) is 0 Å². The van der Waals surface area contributed by atoms with Gasteiger partial charge in [-0.15, -0.1) is 6.58 Å². The number of benzene rings is 2. The molecule has 0 aliphatic carbocycles. The van der Waals surface area contributed by atoms with Crippen molar-refractivity contribution in [3.05, 3.63) is 53.6 Å². The van der Waals surface area contributed by atoms with Gasteiger partial charge in [-0.1, -0.05) is 23.7 Å². The first kappa shape index (κ1) is 20.5. The molecule has 0 bridgehead atoms. The van der Waals surface area contributed by atoms with Gasteiger partial charge in [-0.2, -0.15) is 0 Å². The Bertz CT molecular complexity index is 822. The lowest BCUT2D eigenvalue weighted by Crippen LogP contribution is -2.20. The molecule has 1 amide bonds. The Hall–Kier alpha value is -2.86. The molecule has 2 aromatic carbocycles. The van der Waals surface area contributed by atoms with Gasteiger partial charge in [0.15, 0.2) is 18.1 Å². The van der Waals surface area contributed by atoms with Crippen LogP contribution in [0.1, 0.15) is 5.56 Å². The number of anilines is 1. The monoisotopic (exact) mass is 391 g/mol. The number of hydrogen-bond acceptors (Lipinski definition) is 5. The number of rotatable bonds is 9. The quantitative estimate of drug-likeness (QED) is 0.651. The minimum absolute atomic E-state index is 0.203. The van der Waals surface area contributed by atoms with Gasteiger partial charge in [0.25, 0.3) is 5.91 Å². The summed E-state index contributed by atoms with van der Waals surface area (Å²) in [6.45, 7) is 3.51. The van der Waals surface area contributed by atoms with Gasteiger partial charge in [-0.05, 0) is 24.1 Å². The summed E-state index contributed by atoms with van der Waals surface area (Å²) in [7, 11) is 4.52. The number of halogens is 1. The highest BCUT2D eigenvalue weighted by atomic mass is 35.5. The van der Waals surface area contributed by atoms with E-state index in [2.05, 4.69) is 11.9 Å². The fourth-order valence-corrected chi connectivity index (χ4v) is 2.64. The number of nitrogens with one attached hydrogen (secondary N) is 1. The first-order valence-corrected chi connectivity index (χ1v) is 8.52. The number of methoxy groups -OCH3 is 3. The molecule has 7 heteroatoms. The van der Waals surface area contributed by atoms with Crippen molar-refractivity contribution in [2.24, 2.45) is 0 Å². The molecule has 0 saturated heterocycles. The van der Waals surface area contributed by atoms with Crippen LogP contribution in [0.3, 0.4) is 0 Å². The Morgan fingerprint density at radius 2 is 1.74 bits per heavy atom. The van der Waals surface area contributed by atoms with Gasteiger partial charge in [-0.25, -0.2) is 0 Å². The van der Waals surface area contributed by atoms with Crippen LogP contribution in [0.15, 0.2) is 43.0 Å². The van der Waals surface area contributed by atoms with Crippen molar-refractivity contribution in [3.8, 4) is 23.0 Å². The number of hydrogen-bond donors (Lipinski definition) is 1. The van der Waals surface area contributed by atoms with E-state index in [4.69, 9.17) is 30.5 Å². The Balaban J connectivity index is 2.07. The Morgan fingerprint density at radius 1 is 1.04 bits per heavy atom. The van der Waals surface area contributed by atoms with E-state index in [0.29, 0.717) is 33.7 Å². The van der Waals surface area contributed by atoms with Crippen LogP contribution in [-0.2, 0) is 11.2 Å². The normalized spacial score (nSPS) is 10.1. The van der Waals surface area contributed by atoms with E-state index in [9.17, 15) is 4.79 Å². The highest BCUT2D eigenvalue weighted by molar-refractivity contribution is 6.32. The van der Waals surface area contributed by atoms with Crippen LogP contribution in [0.4, 0.5) is 5.69 Å². The summed E-state index contributed by atoms with van der Waals surface area (Å²) in [4.78, 5) is 12.3. The van der Waals surface area contributed by atoms with Crippen LogP contribution >= 0.6 is 11.6 Å².